The highest BCUT2D eigenvalue weighted by Gasteiger charge is 2.31. The number of amides is 1. The highest BCUT2D eigenvalue weighted by Crippen LogP contribution is 2.28. The largest absolute Gasteiger partial charge is 0.474 e. The molecule has 0 spiro atoms. The van der Waals surface area contributed by atoms with Gasteiger partial charge in [-0.3, -0.25) is 9.69 Å². The lowest BCUT2D eigenvalue weighted by Gasteiger charge is -2.19. The molecule has 0 radical (unpaired) electrons. The average Bonchev–Trinajstić information content (AvgIpc) is 3.39. The van der Waals surface area contributed by atoms with Crippen molar-refractivity contribution in [1.82, 2.24) is 19.9 Å². The van der Waals surface area contributed by atoms with Gasteiger partial charge in [-0.1, -0.05) is 0 Å². The standard InChI is InChI=1S/C20H27N5O3S/c1-13-7-16(10-25(13)11-17-9-21-20(29-17)24-14(2)26)28-19-8-18(22-12-23-19)27-15-5-3-4-6-15/h8-9,12-13,15-16H,3-7,10-11H2,1-2H3,(H,21,24,26)/t13-,16+/m0/s1. The first-order valence-electron chi connectivity index (χ1n) is 10.2. The average molecular weight is 418 g/mol. The molecule has 0 unspecified atom stereocenters. The smallest absolute Gasteiger partial charge is 0.223 e. The van der Waals surface area contributed by atoms with Crippen LogP contribution in [-0.4, -0.2) is 50.6 Å². The fourth-order valence-corrected chi connectivity index (χ4v) is 4.82. The second kappa shape index (κ2) is 9.04. The van der Waals surface area contributed by atoms with Crippen molar-refractivity contribution in [1.29, 1.82) is 0 Å². The number of carbonyl (C=O) groups excluding carboxylic acids is 1. The van der Waals surface area contributed by atoms with Gasteiger partial charge in [-0.25, -0.2) is 15.0 Å². The normalized spacial score (nSPS) is 22.7. The van der Waals surface area contributed by atoms with E-state index in [9.17, 15) is 4.79 Å². The third-order valence-corrected chi connectivity index (χ3v) is 6.25. The predicted octanol–water partition coefficient (Wildman–Crippen LogP) is 3.25. The molecule has 3 heterocycles. The molecule has 1 amide bonds. The maximum absolute atomic E-state index is 11.2. The van der Waals surface area contributed by atoms with Crippen LogP contribution in [0.1, 0.15) is 50.8 Å². The molecule has 1 aliphatic heterocycles. The molecule has 0 aromatic carbocycles. The number of likely N-dealkylation sites (tertiary alicyclic amines) is 1. The van der Waals surface area contributed by atoms with Gasteiger partial charge in [-0.15, -0.1) is 11.3 Å². The molecule has 2 aromatic heterocycles. The summed E-state index contributed by atoms with van der Waals surface area (Å²) in [6.07, 6.45) is 9.24. The van der Waals surface area contributed by atoms with Crippen LogP contribution in [0.15, 0.2) is 18.6 Å². The SMILES string of the molecule is CC(=O)Nc1ncc(CN2C[C@H](Oc3cc(OC4CCCC4)ncn3)C[C@@H]2C)s1. The van der Waals surface area contributed by atoms with Crippen LogP contribution < -0.4 is 14.8 Å². The van der Waals surface area contributed by atoms with Gasteiger partial charge >= 0.3 is 0 Å². The summed E-state index contributed by atoms with van der Waals surface area (Å²) in [7, 11) is 0. The summed E-state index contributed by atoms with van der Waals surface area (Å²) in [6.45, 7) is 5.30. The van der Waals surface area contributed by atoms with Gasteiger partial charge in [-0.05, 0) is 32.6 Å². The first-order chi connectivity index (χ1) is 14.0. The minimum absolute atomic E-state index is 0.0713. The molecule has 8 nitrogen and oxygen atoms in total. The molecular weight excluding hydrogens is 390 g/mol. The third kappa shape index (κ3) is 5.42. The first kappa shape index (κ1) is 20.0. The Hall–Kier alpha value is -2.26. The monoisotopic (exact) mass is 417 g/mol. The van der Waals surface area contributed by atoms with Gasteiger partial charge in [0.15, 0.2) is 5.13 Å². The molecule has 29 heavy (non-hydrogen) atoms. The number of aromatic nitrogens is 3. The Kier molecular flexibility index (Phi) is 6.25. The molecule has 1 saturated carbocycles. The lowest BCUT2D eigenvalue weighted by molar-refractivity contribution is -0.114. The molecule has 0 bridgehead atoms. The molecular formula is C20H27N5O3S. The Balaban J connectivity index is 1.31. The third-order valence-electron chi connectivity index (χ3n) is 5.35. The number of carbonyl (C=O) groups is 1. The van der Waals surface area contributed by atoms with Crippen LogP contribution in [-0.2, 0) is 11.3 Å². The molecule has 2 atom stereocenters. The van der Waals surface area contributed by atoms with E-state index in [1.165, 1.54) is 37.4 Å². The van der Waals surface area contributed by atoms with Crippen molar-refractivity contribution in [2.75, 3.05) is 11.9 Å². The number of hydrogen-bond donors (Lipinski definition) is 1. The summed E-state index contributed by atoms with van der Waals surface area (Å²) in [5.74, 6) is 1.06. The summed E-state index contributed by atoms with van der Waals surface area (Å²) in [5, 5.41) is 3.37. The van der Waals surface area contributed by atoms with E-state index in [1.54, 1.807) is 6.07 Å². The van der Waals surface area contributed by atoms with Gasteiger partial charge in [0.05, 0.1) is 6.07 Å². The van der Waals surface area contributed by atoms with E-state index in [0.29, 0.717) is 22.9 Å². The topological polar surface area (TPSA) is 89.5 Å². The highest BCUT2D eigenvalue weighted by atomic mass is 32.1. The number of rotatable bonds is 7. The number of anilines is 1. The van der Waals surface area contributed by atoms with Crippen molar-refractivity contribution in [3.63, 3.8) is 0 Å². The number of hydrogen-bond acceptors (Lipinski definition) is 8. The molecule has 1 N–H and O–H groups in total. The lowest BCUT2D eigenvalue weighted by Crippen LogP contribution is -2.27. The zero-order valence-electron chi connectivity index (χ0n) is 16.8. The first-order valence-corrected chi connectivity index (χ1v) is 11.0. The fraction of sp³-hybridized carbons (Fsp3) is 0.600. The van der Waals surface area contributed by atoms with Crippen molar-refractivity contribution >= 4 is 22.4 Å². The molecule has 1 saturated heterocycles. The van der Waals surface area contributed by atoms with Crippen LogP contribution in [0.3, 0.4) is 0 Å². The maximum atomic E-state index is 11.2. The van der Waals surface area contributed by atoms with Gasteiger partial charge in [0.1, 0.15) is 18.5 Å². The van der Waals surface area contributed by atoms with E-state index >= 15 is 0 Å². The van der Waals surface area contributed by atoms with Gasteiger partial charge in [0.2, 0.25) is 17.7 Å². The second-order valence-electron chi connectivity index (χ2n) is 7.79. The summed E-state index contributed by atoms with van der Waals surface area (Å²) >= 11 is 1.51. The van der Waals surface area contributed by atoms with Crippen LogP contribution in [0.25, 0.3) is 0 Å². The van der Waals surface area contributed by atoms with Crippen molar-refractivity contribution < 1.29 is 14.3 Å². The van der Waals surface area contributed by atoms with Crippen molar-refractivity contribution in [2.24, 2.45) is 0 Å². The quantitative estimate of drug-likeness (QED) is 0.739. The zero-order valence-corrected chi connectivity index (χ0v) is 17.7. The molecule has 2 aliphatic rings. The Morgan fingerprint density at radius 3 is 2.66 bits per heavy atom. The van der Waals surface area contributed by atoms with Crippen LogP contribution in [0, 0.1) is 0 Å². The van der Waals surface area contributed by atoms with Gasteiger partial charge in [0, 0.05) is 43.5 Å². The second-order valence-corrected chi connectivity index (χ2v) is 8.90. The van der Waals surface area contributed by atoms with E-state index in [-0.39, 0.29) is 18.1 Å². The molecule has 2 aromatic rings. The number of nitrogens with one attached hydrogen (secondary N) is 1. The van der Waals surface area contributed by atoms with E-state index in [1.807, 2.05) is 6.20 Å². The predicted molar refractivity (Wildman–Crippen MR) is 110 cm³/mol. The summed E-state index contributed by atoms with van der Waals surface area (Å²) in [4.78, 5) is 27.4. The number of thiazole rings is 1. The van der Waals surface area contributed by atoms with E-state index in [0.717, 1.165) is 37.2 Å². The highest BCUT2D eigenvalue weighted by molar-refractivity contribution is 7.15. The maximum Gasteiger partial charge on any atom is 0.223 e. The van der Waals surface area contributed by atoms with Crippen LogP contribution in [0.2, 0.25) is 0 Å². The summed E-state index contributed by atoms with van der Waals surface area (Å²) < 4.78 is 12.1. The lowest BCUT2D eigenvalue weighted by atomic mass is 10.2. The van der Waals surface area contributed by atoms with Crippen molar-refractivity contribution in [3.8, 4) is 11.8 Å². The van der Waals surface area contributed by atoms with E-state index in [2.05, 4.69) is 32.1 Å². The van der Waals surface area contributed by atoms with Crippen LogP contribution in [0.5, 0.6) is 11.8 Å². The van der Waals surface area contributed by atoms with Gasteiger partial charge < -0.3 is 14.8 Å². The summed E-state index contributed by atoms with van der Waals surface area (Å²) in [6, 6.07) is 2.19. The van der Waals surface area contributed by atoms with Gasteiger partial charge in [-0.2, -0.15) is 0 Å². The van der Waals surface area contributed by atoms with Crippen LogP contribution >= 0.6 is 11.3 Å². The Labute approximate surface area is 174 Å². The van der Waals surface area contributed by atoms with Gasteiger partial charge in [0.25, 0.3) is 0 Å². The molecule has 9 heteroatoms. The Morgan fingerprint density at radius 2 is 1.93 bits per heavy atom. The molecule has 156 valence electrons. The van der Waals surface area contributed by atoms with Crippen molar-refractivity contribution in [3.05, 3.63) is 23.5 Å². The fourth-order valence-electron chi connectivity index (χ4n) is 3.94. The Morgan fingerprint density at radius 1 is 1.21 bits per heavy atom. The minimum Gasteiger partial charge on any atom is -0.474 e. The van der Waals surface area contributed by atoms with E-state index < -0.39 is 0 Å². The van der Waals surface area contributed by atoms with Crippen molar-refractivity contribution in [2.45, 2.75) is 70.7 Å². The number of ether oxygens (including phenoxy) is 2. The zero-order chi connectivity index (χ0) is 20.2. The molecule has 2 fully saturated rings. The van der Waals surface area contributed by atoms with Crippen LogP contribution in [0.4, 0.5) is 5.13 Å². The summed E-state index contributed by atoms with van der Waals surface area (Å²) in [5.41, 5.74) is 0. The Bertz CT molecular complexity index is 839. The van der Waals surface area contributed by atoms with E-state index in [4.69, 9.17) is 9.47 Å². The molecule has 4 rings (SSSR count). The number of nitrogens with zero attached hydrogens (tertiary/aromatic N) is 4. The minimum atomic E-state index is -0.102. The molecule has 1 aliphatic carbocycles.